The molecule has 2 aromatic carbocycles. The van der Waals surface area contributed by atoms with Crippen molar-refractivity contribution in [1.29, 1.82) is 0 Å². The summed E-state index contributed by atoms with van der Waals surface area (Å²) in [6.07, 6.45) is 0. The topological polar surface area (TPSA) is 87.9 Å². The first-order chi connectivity index (χ1) is 14.9. The van der Waals surface area contributed by atoms with Crippen molar-refractivity contribution in [3.8, 4) is 5.75 Å². The lowest BCUT2D eigenvalue weighted by Gasteiger charge is -2.41. The van der Waals surface area contributed by atoms with Gasteiger partial charge >= 0.3 is 0 Å². The number of ether oxygens (including phenoxy) is 1. The molecule has 2 aromatic rings. The molecule has 1 heterocycles. The zero-order valence-electron chi connectivity index (χ0n) is 17.1. The second-order valence-electron chi connectivity index (χ2n) is 7.19. The third-order valence-corrected chi connectivity index (χ3v) is 5.35. The summed E-state index contributed by atoms with van der Waals surface area (Å²) >= 11 is 6.02. The Hall–Kier alpha value is -2.90. The lowest BCUT2D eigenvalue weighted by Crippen LogP contribution is -2.51. The Labute approximate surface area is 185 Å². The van der Waals surface area contributed by atoms with Gasteiger partial charge in [-0.05, 0) is 42.8 Å². The molecule has 0 aliphatic carbocycles. The van der Waals surface area contributed by atoms with Gasteiger partial charge < -0.3 is 20.7 Å². The molecule has 0 bridgehead atoms. The van der Waals surface area contributed by atoms with Crippen molar-refractivity contribution in [2.45, 2.75) is 19.5 Å². The van der Waals surface area contributed by atoms with Crippen molar-refractivity contribution >= 4 is 29.1 Å². The number of hydrogen-bond donors (Lipinski definition) is 2. The second-order valence-corrected chi connectivity index (χ2v) is 7.63. The highest BCUT2D eigenvalue weighted by molar-refractivity contribution is 6.31. The standard InChI is InChI=1S/C22H24ClFN4O3/c1-15-20(13-29)27(12-16-2-5-18(24)6-3-16)8-9-28(15)14-31-21-7-4-17(23)10-19(21)26-22(30)11-25/h2-7,10,15H,8-9,11-12,14,25H2,1H3,(H,26,30)/t15-/m1/s1. The van der Waals surface area contributed by atoms with Crippen molar-refractivity contribution in [2.75, 3.05) is 31.7 Å². The van der Waals surface area contributed by atoms with Crippen LogP contribution in [-0.2, 0) is 16.1 Å². The molecule has 1 amide bonds. The van der Waals surface area contributed by atoms with Gasteiger partial charge in [-0.3, -0.25) is 9.69 Å². The van der Waals surface area contributed by atoms with E-state index < -0.39 is 0 Å². The van der Waals surface area contributed by atoms with E-state index in [1.807, 2.05) is 22.7 Å². The maximum atomic E-state index is 13.1. The average molecular weight is 447 g/mol. The van der Waals surface area contributed by atoms with E-state index >= 15 is 0 Å². The van der Waals surface area contributed by atoms with Crippen molar-refractivity contribution in [3.05, 3.63) is 64.6 Å². The van der Waals surface area contributed by atoms with E-state index in [-0.39, 0.29) is 31.0 Å². The Morgan fingerprint density at radius 1 is 1.29 bits per heavy atom. The van der Waals surface area contributed by atoms with Crippen LogP contribution in [0.2, 0.25) is 5.02 Å². The second kappa shape index (κ2) is 10.4. The number of nitrogens with one attached hydrogen (secondary N) is 1. The Kier molecular flexibility index (Phi) is 7.65. The van der Waals surface area contributed by atoms with Crippen LogP contribution in [-0.4, -0.2) is 54.1 Å². The van der Waals surface area contributed by atoms with Crippen LogP contribution in [0.5, 0.6) is 5.75 Å². The number of benzene rings is 2. The van der Waals surface area contributed by atoms with Gasteiger partial charge in [-0.2, -0.15) is 0 Å². The normalized spacial score (nSPS) is 16.7. The highest BCUT2D eigenvalue weighted by Gasteiger charge is 2.29. The summed E-state index contributed by atoms with van der Waals surface area (Å²) in [5.74, 6) is 1.84. The maximum absolute atomic E-state index is 13.1. The van der Waals surface area contributed by atoms with Crippen LogP contribution in [0, 0.1) is 5.82 Å². The molecule has 3 N–H and O–H groups in total. The molecule has 0 saturated carbocycles. The van der Waals surface area contributed by atoms with Crippen LogP contribution in [0.4, 0.5) is 10.1 Å². The largest absolute Gasteiger partial charge is 0.476 e. The number of amides is 1. The molecular formula is C22H24ClFN4O3. The van der Waals surface area contributed by atoms with Crippen LogP contribution >= 0.6 is 11.6 Å². The van der Waals surface area contributed by atoms with Gasteiger partial charge in [0.15, 0.2) is 0 Å². The maximum Gasteiger partial charge on any atom is 0.238 e. The minimum atomic E-state index is -0.360. The number of hydrogen-bond acceptors (Lipinski definition) is 6. The van der Waals surface area contributed by atoms with Crippen molar-refractivity contribution in [1.82, 2.24) is 9.80 Å². The summed E-state index contributed by atoms with van der Waals surface area (Å²) < 4.78 is 19.1. The van der Waals surface area contributed by atoms with Crippen molar-refractivity contribution in [2.24, 2.45) is 5.73 Å². The first-order valence-electron chi connectivity index (χ1n) is 9.82. The van der Waals surface area contributed by atoms with E-state index in [4.69, 9.17) is 22.1 Å². The Morgan fingerprint density at radius 3 is 2.71 bits per heavy atom. The van der Waals surface area contributed by atoms with Crippen LogP contribution < -0.4 is 15.8 Å². The van der Waals surface area contributed by atoms with Crippen molar-refractivity contribution in [3.63, 3.8) is 0 Å². The van der Waals surface area contributed by atoms with E-state index in [1.54, 1.807) is 30.3 Å². The quantitative estimate of drug-likeness (QED) is 0.636. The Bertz CT molecular complexity index is 979. The van der Waals surface area contributed by atoms with E-state index in [0.717, 1.165) is 5.56 Å². The molecule has 0 unspecified atom stereocenters. The molecular weight excluding hydrogens is 423 g/mol. The number of nitrogens with two attached hydrogens (primary N) is 1. The molecule has 3 rings (SSSR count). The lowest BCUT2D eigenvalue weighted by atomic mass is 10.1. The minimum Gasteiger partial charge on any atom is -0.476 e. The molecule has 1 atom stereocenters. The number of nitrogens with zero attached hydrogens (tertiary/aromatic N) is 2. The number of carbonyl (C=O) groups is 1. The zero-order chi connectivity index (χ0) is 22.4. The molecule has 1 aliphatic rings. The molecule has 0 spiro atoms. The van der Waals surface area contributed by atoms with Gasteiger partial charge in [-0.25, -0.2) is 9.18 Å². The fourth-order valence-electron chi connectivity index (χ4n) is 3.38. The van der Waals surface area contributed by atoms with Gasteiger partial charge in [0.2, 0.25) is 5.91 Å². The Morgan fingerprint density at radius 2 is 2.03 bits per heavy atom. The zero-order valence-corrected chi connectivity index (χ0v) is 17.9. The van der Waals surface area contributed by atoms with Gasteiger partial charge in [-0.1, -0.05) is 23.7 Å². The fraction of sp³-hybridized carbons (Fsp3) is 0.318. The molecule has 0 aromatic heterocycles. The van der Waals surface area contributed by atoms with Crippen LogP contribution in [0.1, 0.15) is 12.5 Å². The molecule has 31 heavy (non-hydrogen) atoms. The number of anilines is 1. The monoisotopic (exact) mass is 446 g/mol. The van der Waals surface area contributed by atoms with Gasteiger partial charge in [0.1, 0.15) is 29.9 Å². The highest BCUT2D eigenvalue weighted by Crippen LogP contribution is 2.29. The smallest absolute Gasteiger partial charge is 0.238 e. The van der Waals surface area contributed by atoms with Gasteiger partial charge in [0.05, 0.1) is 18.3 Å². The van der Waals surface area contributed by atoms with Gasteiger partial charge in [0.25, 0.3) is 0 Å². The number of rotatable bonds is 7. The molecule has 1 aliphatic heterocycles. The molecule has 1 fully saturated rings. The van der Waals surface area contributed by atoms with Gasteiger partial charge in [0, 0.05) is 24.7 Å². The SMILES string of the molecule is C[C@@H]1C(=C=O)N(Cc2ccc(F)cc2)CCN1COc1ccc(Cl)cc1NC(=O)CN. The summed E-state index contributed by atoms with van der Waals surface area (Å²) in [6.45, 7) is 3.67. The lowest BCUT2D eigenvalue weighted by molar-refractivity contribution is -0.114. The summed E-state index contributed by atoms with van der Waals surface area (Å²) in [6, 6.07) is 10.9. The predicted octanol–water partition coefficient (Wildman–Crippen LogP) is 2.63. The molecule has 0 radical (unpaired) electrons. The summed E-state index contributed by atoms with van der Waals surface area (Å²) in [5, 5.41) is 3.12. The van der Waals surface area contributed by atoms with Crippen LogP contribution in [0.3, 0.4) is 0 Å². The Balaban J connectivity index is 1.66. The average Bonchev–Trinajstić information content (AvgIpc) is 2.76. The fourth-order valence-corrected chi connectivity index (χ4v) is 3.55. The third-order valence-electron chi connectivity index (χ3n) is 5.12. The van der Waals surface area contributed by atoms with E-state index in [9.17, 15) is 14.0 Å². The van der Waals surface area contributed by atoms with Gasteiger partial charge in [-0.15, -0.1) is 0 Å². The molecule has 7 nitrogen and oxygen atoms in total. The summed E-state index contributed by atoms with van der Waals surface area (Å²) in [7, 11) is 0. The first kappa shape index (κ1) is 22.8. The first-order valence-corrected chi connectivity index (χ1v) is 10.2. The predicted molar refractivity (Wildman–Crippen MR) is 117 cm³/mol. The number of halogens is 2. The number of piperazine rings is 1. The van der Waals surface area contributed by atoms with Crippen molar-refractivity contribution < 1.29 is 18.7 Å². The molecule has 164 valence electrons. The summed E-state index contributed by atoms with van der Waals surface area (Å²) in [4.78, 5) is 27.3. The highest BCUT2D eigenvalue weighted by atomic mass is 35.5. The summed E-state index contributed by atoms with van der Waals surface area (Å²) in [5.41, 5.74) is 7.21. The van der Waals surface area contributed by atoms with E-state index in [2.05, 4.69) is 5.32 Å². The van der Waals surface area contributed by atoms with Crippen LogP contribution in [0.25, 0.3) is 0 Å². The number of carbonyl (C=O) groups excluding carboxylic acids is 2. The minimum absolute atomic E-state index is 0.160. The molecule has 1 saturated heterocycles. The third kappa shape index (κ3) is 5.83. The molecule has 9 heteroatoms. The van der Waals surface area contributed by atoms with E-state index in [1.165, 1.54) is 12.1 Å². The van der Waals surface area contributed by atoms with Crippen LogP contribution in [0.15, 0.2) is 48.2 Å². The van der Waals surface area contributed by atoms with E-state index in [0.29, 0.717) is 41.8 Å².